The van der Waals surface area contributed by atoms with Crippen molar-refractivity contribution in [3.05, 3.63) is 0 Å². The molecule has 1 aliphatic rings. The molecule has 14 heavy (non-hydrogen) atoms. The van der Waals surface area contributed by atoms with E-state index < -0.39 is 0 Å². The van der Waals surface area contributed by atoms with Gasteiger partial charge in [0.25, 0.3) is 0 Å². The van der Waals surface area contributed by atoms with Gasteiger partial charge in [-0.1, -0.05) is 26.7 Å². The molecular weight excluding hydrogens is 172 g/mol. The third-order valence-electron chi connectivity index (χ3n) is 3.10. The first-order valence-electron chi connectivity index (χ1n) is 6.09. The van der Waals surface area contributed by atoms with Gasteiger partial charge in [-0.05, 0) is 25.9 Å². The summed E-state index contributed by atoms with van der Waals surface area (Å²) in [6.07, 6.45) is 4.19. The molecule has 84 valence electrons. The standard InChI is InChI=1S/C12H26N2/c1-12(2)6-4-5-7-14-10-8-13(3)9-11-14/h12H,4-11H2,1-3H3. The maximum Gasteiger partial charge on any atom is 0.0110 e. The predicted octanol–water partition coefficient (Wildman–Crippen LogP) is 2.06. The van der Waals surface area contributed by atoms with E-state index in [1.54, 1.807) is 0 Å². The number of likely N-dealkylation sites (N-methyl/N-ethyl adjacent to an activating group) is 1. The van der Waals surface area contributed by atoms with E-state index in [-0.39, 0.29) is 0 Å². The number of hydrogen-bond acceptors (Lipinski definition) is 2. The van der Waals surface area contributed by atoms with Gasteiger partial charge in [-0.15, -0.1) is 0 Å². The topological polar surface area (TPSA) is 6.48 Å². The van der Waals surface area contributed by atoms with Crippen LogP contribution in [0.2, 0.25) is 0 Å². The van der Waals surface area contributed by atoms with Gasteiger partial charge in [0, 0.05) is 26.2 Å². The summed E-state index contributed by atoms with van der Waals surface area (Å²) in [7, 11) is 2.22. The number of piperazine rings is 1. The predicted molar refractivity (Wildman–Crippen MR) is 62.6 cm³/mol. The fourth-order valence-corrected chi connectivity index (χ4v) is 1.96. The van der Waals surface area contributed by atoms with Crippen molar-refractivity contribution in [2.75, 3.05) is 39.8 Å². The summed E-state index contributed by atoms with van der Waals surface area (Å²) in [5.74, 6) is 0.877. The van der Waals surface area contributed by atoms with Gasteiger partial charge in [-0.25, -0.2) is 0 Å². The van der Waals surface area contributed by atoms with E-state index in [1.807, 2.05) is 0 Å². The van der Waals surface area contributed by atoms with Gasteiger partial charge < -0.3 is 9.80 Å². The molecule has 0 aromatic rings. The van der Waals surface area contributed by atoms with Gasteiger partial charge in [0.05, 0.1) is 0 Å². The molecule has 1 fully saturated rings. The molecule has 2 nitrogen and oxygen atoms in total. The fraction of sp³-hybridized carbons (Fsp3) is 1.00. The number of hydrogen-bond donors (Lipinski definition) is 0. The quantitative estimate of drug-likeness (QED) is 0.624. The largest absolute Gasteiger partial charge is 0.304 e. The smallest absolute Gasteiger partial charge is 0.0110 e. The molecule has 0 amide bonds. The Kier molecular flexibility index (Phi) is 5.49. The Morgan fingerprint density at radius 1 is 1.00 bits per heavy atom. The van der Waals surface area contributed by atoms with E-state index in [0.717, 1.165) is 5.92 Å². The van der Waals surface area contributed by atoms with Crippen molar-refractivity contribution in [2.45, 2.75) is 33.1 Å². The summed E-state index contributed by atoms with van der Waals surface area (Å²) in [6.45, 7) is 11.0. The van der Waals surface area contributed by atoms with E-state index in [9.17, 15) is 0 Å². The summed E-state index contributed by atoms with van der Waals surface area (Å²) in [5, 5.41) is 0. The summed E-state index contributed by atoms with van der Waals surface area (Å²) in [5.41, 5.74) is 0. The highest BCUT2D eigenvalue weighted by molar-refractivity contribution is 4.68. The molecule has 0 bridgehead atoms. The van der Waals surface area contributed by atoms with Crippen LogP contribution in [-0.2, 0) is 0 Å². The minimum atomic E-state index is 0.877. The molecule has 1 aliphatic heterocycles. The maximum atomic E-state index is 2.61. The van der Waals surface area contributed by atoms with E-state index in [0.29, 0.717) is 0 Å². The average molecular weight is 198 g/mol. The first-order chi connectivity index (χ1) is 6.68. The van der Waals surface area contributed by atoms with Crippen LogP contribution >= 0.6 is 0 Å². The van der Waals surface area contributed by atoms with Crippen molar-refractivity contribution in [2.24, 2.45) is 5.92 Å². The van der Waals surface area contributed by atoms with Gasteiger partial charge >= 0.3 is 0 Å². The highest BCUT2D eigenvalue weighted by atomic mass is 15.2. The third-order valence-corrected chi connectivity index (χ3v) is 3.10. The summed E-state index contributed by atoms with van der Waals surface area (Å²) < 4.78 is 0. The van der Waals surface area contributed by atoms with Crippen LogP contribution in [0.1, 0.15) is 33.1 Å². The lowest BCUT2D eigenvalue weighted by molar-refractivity contribution is 0.151. The molecule has 1 heterocycles. The van der Waals surface area contributed by atoms with Crippen molar-refractivity contribution in [1.82, 2.24) is 9.80 Å². The zero-order chi connectivity index (χ0) is 10.4. The summed E-state index contributed by atoms with van der Waals surface area (Å²) in [4.78, 5) is 5.03. The van der Waals surface area contributed by atoms with Crippen LogP contribution in [0, 0.1) is 5.92 Å². The molecular formula is C12H26N2. The first-order valence-corrected chi connectivity index (χ1v) is 6.09. The lowest BCUT2D eigenvalue weighted by atomic mass is 10.1. The first kappa shape index (κ1) is 12.0. The number of rotatable bonds is 5. The highest BCUT2D eigenvalue weighted by Crippen LogP contribution is 2.08. The fourth-order valence-electron chi connectivity index (χ4n) is 1.96. The van der Waals surface area contributed by atoms with Crippen molar-refractivity contribution in [3.63, 3.8) is 0 Å². The maximum absolute atomic E-state index is 2.61. The molecule has 0 N–H and O–H groups in total. The molecule has 2 heteroatoms. The number of nitrogens with zero attached hydrogens (tertiary/aromatic N) is 2. The van der Waals surface area contributed by atoms with E-state index in [1.165, 1.54) is 52.0 Å². The van der Waals surface area contributed by atoms with Gasteiger partial charge in [0.15, 0.2) is 0 Å². The lowest BCUT2D eigenvalue weighted by Crippen LogP contribution is -2.44. The van der Waals surface area contributed by atoms with Crippen LogP contribution in [0.4, 0.5) is 0 Å². The Morgan fingerprint density at radius 2 is 1.64 bits per heavy atom. The minimum Gasteiger partial charge on any atom is -0.304 e. The van der Waals surface area contributed by atoms with E-state index in [4.69, 9.17) is 0 Å². The van der Waals surface area contributed by atoms with Crippen molar-refractivity contribution < 1.29 is 0 Å². The average Bonchev–Trinajstić information content (AvgIpc) is 2.15. The molecule has 0 saturated carbocycles. The van der Waals surface area contributed by atoms with Crippen molar-refractivity contribution in [1.29, 1.82) is 0 Å². The Morgan fingerprint density at radius 3 is 2.21 bits per heavy atom. The highest BCUT2D eigenvalue weighted by Gasteiger charge is 2.12. The molecule has 1 rings (SSSR count). The second-order valence-corrected chi connectivity index (χ2v) is 5.03. The van der Waals surface area contributed by atoms with Gasteiger partial charge in [0.1, 0.15) is 0 Å². The van der Waals surface area contributed by atoms with Crippen molar-refractivity contribution >= 4 is 0 Å². The molecule has 0 atom stereocenters. The molecule has 0 radical (unpaired) electrons. The SMILES string of the molecule is CC(C)CCCCN1CCN(C)CC1. The van der Waals surface area contributed by atoms with Gasteiger partial charge in [-0.2, -0.15) is 0 Å². The molecule has 0 aromatic heterocycles. The monoisotopic (exact) mass is 198 g/mol. The Balaban J connectivity index is 1.96. The van der Waals surface area contributed by atoms with Crippen LogP contribution in [-0.4, -0.2) is 49.6 Å². The van der Waals surface area contributed by atoms with Crippen LogP contribution < -0.4 is 0 Å². The molecule has 1 saturated heterocycles. The Labute approximate surface area is 89.3 Å². The molecule has 0 aliphatic carbocycles. The number of unbranched alkanes of at least 4 members (excludes halogenated alkanes) is 1. The Hall–Kier alpha value is -0.0800. The van der Waals surface area contributed by atoms with Crippen LogP contribution in [0.25, 0.3) is 0 Å². The third kappa shape index (κ3) is 4.97. The van der Waals surface area contributed by atoms with Crippen molar-refractivity contribution in [3.8, 4) is 0 Å². The normalized spacial score (nSPS) is 20.6. The summed E-state index contributed by atoms with van der Waals surface area (Å²) >= 11 is 0. The second-order valence-electron chi connectivity index (χ2n) is 5.03. The molecule has 0 unspecified atom stereocenters. The Bertz CT molecular complexity index is 137. The zero-order valence-corrected chi connectivity index (χ0v) is 10.1. The van der Waals surface area contributed by atoms with Crippen LogP contribution in [0.3, 0.4) is 0 Å². The molecule has 0 spiro atoms. The van der Waals surface area contributed by atoms with E-state index >= 15 is 0 Å². The minimum absolute atomic E-state index is 0.877. The van der Waals surface area contributed by atoms with Crippen LogP contribution in [0.15, 0.2) is 0 Å². The zero-order valence-electron chi connectivity index (χ0n) is 10.1. The van der Waals surface area contributed by atoms with Crippen LogP contribution in [0.5, 0.6) is 0 Å². The van der Waals surface area contributed by atoms with E-state index in [2.05, 4.69) is 30.7 Å². The molecule has 0 aromatic carbocycles. The van der Waals surface area contributed by atoms with Gasteiger partial charge in [0.2, 0.25) is 0 Å². The van der Waals surface area contributed by atoms with Gasteiger partial charge in [-0.3, -0.25) is 0 Å². The second kappa shape index (κ2) is 6.41. The lowest BCUT2D eigenvalue weighted by Gasteiger charge is -2.32. The summed E-state index contributed by atoms with van der Waals surface area (Å²) in [6, 6.07) is 0.